The van der Waals surface area contributed by atoms with Gasteiger partial charge in [0.2, 0.25) is 0 Å². The maximum Gasteiger partial charge on any atom is 0.176 e. The minimum absolute atomic E-state index is 0.230. The van der Waals surface area contributed by atoms with Crippen LogP contribution in [0.15, 0.2) is 0 Å². The van der Waals surface area contributed by atoms with Gasteiger partial charge in [-0.05, 0) is 108 Å². The summed E-state index contributed by atoms with van der Waals surface area (Å²) in [5.74, 6) is 0. The van der Waals surface area contributed by atoms with Crippen LogP contribution in [0, 0.1) is 0 Å². The lowest BCUT2D eigenvalue weighted by Crippen LogP contribution is -2.45. The predicted molar refractivity (Wildman–Crippen MR) is 83.1 cm³/mol. The standard InChI is InChI=1S/C8H15I3N2/c1-12-5-3-7(4-6-12)13(2)8(9,10)11/h7H,3-6H2,1-2H3. The van der Waals surface area contributed by atoms with E-state index in [0.717, 1.165) is 6.04 Å². The fourth-order valence-electron chi connectivity index (χ4n) is 1.59. The molecular formula is C8H15I3N2. The number of rotatable bonds is 2. The lowest BCUT2D eigenvalue weighted by Gasteiger charge is -2.39. The fourth-order valence-corrected chi connectivity index (χ4v) is 2.77. The van der Waals surface area contributed by atoms with E-state index >= 15 is 0 Å². The zero-order valence-corrected chi connectivity index (χ0v) is 14.4. The van der Waals surface area contributed by atoms with Gasteiger partial charge in [-0.1, -0.05) is 0 Å². The smallest absolute Gasteiger partial charge is 0.176 e. The molecule has 0 amide bonds. The van der Waals surface area contributed by atoms with Crippen LogP contribution in [-0.2, 0) is 0 Å². The molecule has 0 bridgehead atoms. The molecule has 0 aliphatic carbocycles. The zero-order valence-electron chi connectivity index (χ0n) is 7.93. The van der Waals surface area contributed by atoms with Gasteiger partial charge in [-0.25, -0.2) is 0 Å². The van der Waals surface area contributed by atoms with Crippen LogP contribution in [0.4, 0.5) is 0 Å². The number of likely N-dealkylation sites (tertiary alicyclic amines) is 1. The molecule has 1 fully saturated rings. The van der Waals surface area contributed by atoms with E-state index in [4.69, 9.17) is 0 Å². The summed E-state index contributed by atoms with van der Waals surface area (Å²) in [6.45, 7) is 2.49. The van der Waals surface area contributed by atoms with Gasteiger partial charge in [0.1, 0.15) is 0 Å². The SMILES string of the molecule is CN1CCC(N(C)C(I)(I)I)CC1. The Labute approximate surface area is 122 Å². The average Bonchev–Trinajstić information content (AvgIpc) is 2.03. The van der Waals surface area contributed by atoms with Crippen LogP contribution in [0.1, 0.15) is 12.8 Å². The molecule has 0 atom stereocenters. The summed E-state index contributed by atoms with van der Waals surface area (Å²) >= 11 is 7.49. The number of alkyl halides is 3. The Morgan fingerprint density at radius 3 is 2.08 bits per heavy atom. The summed E-state index contributed by atoms with van der Waals surface area (Å²) in [7, 11) is 4.45. The first-order chi connectivity index (χ1) is 5.91. The number of halogens is 3. The summed E-state index contributed by atoms with van der Waals surface area (Å²) in [6.07, 6.45) is 2.62. The Kier molecular flexibility index (Phi) is 5.52. The summed E-state index contributed by atoms with van der Waals surface area (Å²) in [4.78, 5) is 4.90. The van der Waals surface area contributed by atoms with Crippen LogP contribution in [-0.4, -0.2) is 42.6 Å². The van der Waals surface area contributed by atoms with E-state index < -0.39 is 0 Å². The number of nitrogens with zero attached hydrogens (tertiary/aromatic N) is 2. The largest absolute Gasteiger partial charge is 0.306 e. The Morgan fingerprint density at radius 1 is 1.23 bits per heavy atom. The highest BCUT2D eigenvalue weighted by Gasteiger charge is 2.31. The van der Waals surface area contributed by atoms with Crippen molar-refractivity contribution in [3.63, 3.8) is 0 Å². The van der Waals surface area contributed by atoms with Crippen LogP contribution < -0.4 is 0 Å². The first kappa shape index (κ1) is 13.2. The van der Waals surface area contributed by atoms with E-state index in [0.29, 0.717) is 0 Å². The van der Waals surface area contributed by atoms with Gasteiger partial charge in [-0.3, -0.25) is 4.90 Å². The van der Waals surface area contributed by atoms with Crippen molar-refractivity contribution in [2.75, 3.05) is 27.2 Å². The third-order valence-electron chi connectivity index (χ3n) is 2.64. The quantitative estimate of drug-likeness (QED) is 0.314. The Morgan fingerprint density at radius 2 is 1.69 bits per heavy atom. The van der Waals surface area contributed by atoms with Gasteiger partial charge in [0.05, 0.1) is 0 Å². The van der Waals surface area contributed by atoms with Crippen LogP contribution in [0.25, 0.3) is 0 Å². The van der Waals surface area contributed by atoms with Gasteiger partial charge in [-0.15, -0.1) is 0 Å². The lowest BCUT2D eigenvalue weighted by molar-refractivity contribution is 0.158. The van der Waals surface area contributed by atoms with E-state index in [1.807, 2.05) is 0 Å². The van der Waals surface area contributed by atoms with Crippen LogP contribution in [0.5, 0.6) is 0 Å². The van der Waals surface area contributed by atoms with Gasteiger partial charge < -0.3 is 4.90 Å². The highest BCUT2D eigenvalue weighted by molar-refractivity contribution is 14.3. The Balaban J connectivity index is 2.45. The number of hydrogen-bond donors (Lipinski definition) is 0. The van der Waals surface area contributed by atoms with Crippen molar-refractivity contribution in [3.8, 4) is 0 Å². The molecule has 0 N–H and O–H groups in total. The third-order valence-corrected chi connectivity index (χ3v) is 4.92. The second-order valence-electron chi connectivity index (χ2n) is 3.61. The molecule has 0 aromatic heterocycles. The predicted octanol–water partition coefficient (Wildman–Crippen LogP) is 2.93. The highest BCUT2D eigenvalue weighted by atomic mass is 127. The minimum atomic E-state index is 0.230. The molecule has 0 saturated carbocycles. The lowest BCUT2D eigenvalue weighted by atomic mass is 10.1. The van der Waals surface area contributed by atoms with E-state index in [1.165, 1.54) is 25.9 Å². The van der Waals surface area contributed by atoms with Gasteiger partial charge in [0, 0.05) is 6.04 Å². The molecule has 5 heteroatoms. The van der Waals surface area contributed by atoms with E-state index in [-0.39, 0.29) is -0.441 Å². The molecule has 0 aromatic rings. The first-order valence-corrected chi connectivity index (χ1v) is 7.63. The molecule has 0 spiro atoms. The van der Waals surface area contributed by atoms with Gasteiger partial charge >= 0.3 is 0 Å². The normalized spacial score (nSPS) is 22.6. The monoisotopic (exact) mass is 520 g/mol. The maximum atomic E-state index is 2.50. The molecule has 78 valence electrons. The minimum Gasteiger partial charge on any atom is -0.306 e. The van der Waals surface area contributed by atoms with Crippen molar-refractivity contribution < 1.29 is 0 Å². The van der Waals surface area contributed by atoms with Crippen LogP contribution >= 0.6 is 67.8 Å². The molecule has 0 unspecified atom stereocenters. The molecular weight excluding hydrogens is 505 g/mol. The van der Waals surface area contributed by atoms with Crippen molar-refractivity contribution in [1.82, 2.24) is 9.80 Å². The molecule has 0 radical (unpaired) electrons. The second-order valence-corrected chi connectivity index (χ2v) is 14.5. The molecule has 1 heterocycles. The number of hydrogen-bond acceptors (Lipinski definition) is 2. The van der Waals surface area contributed by atoms with E-state index in [1.54, 1.807) is 0 Å². The summed E-state index contributed by atoms with van der Waals surface area (Å²) in [5.41, 5.74) is 0. The van der Waals surface area contributed by atoms with Crippen molar-refractivity contribution in [2.24, 2.45) is 0 Å². The molecule has 1 aliphatic rings. The summed E-state index contributed by atoms with van der Waals surface area (Å²) in [6, 6.07) is 0.766. The summed E-state index contributed by atoms with van der Waals surface area (Å²) in [5, 5.41) is 0. The molecule has 13 heavy (non-hydrogen) atoms. The van der Waals surface area contributed by atoms with Crippen molar-refractivity contribution in [1.29, 1.82) is 0 Å². The Bertz CT molecular complexity index is 161. The van der Waals surface area contributed by atoms with Crippen LogP contribution in [0.3, 0.4) is 0 Å². The molecule has 1 saturated heterocycles. The summed E-state index contributed by atoms with van der Waals surface area (Å²) < 4.78 is 0.230. The molecule has 0 aromatic carbocycles. The van der Waals surface area contributed by atoms with Crippen molar-refractivity contribution in [2.45, 2.75) is 18.4 Å². The molecule has 1 rings (SSSR count). The van der Waals surface area contributed by atoms with E-state index in [9.17, 15) is 0 Å². The Hall–Kier alpha value is 2.11. The van der Waals surface area contributed by atoms with Crippen molar-refractivity contribution >= 4 is 67.8 Å². The third kappa shape index (κ3) is 4.23. The van der Waals surface area contributed by atoms with E-state index in [2.05, 4.69) is 91.7 Å². The highest BCUT2D eigenvalue weighted by Crippen LogP contribution is 2.40. The molecule has 1 aliphatic heterocycles. The first-order valence-electron chi connectivity index (χ1n) is 4.39. The number of piperidine rings is 1. The van der Waals surface area contributed by atoms with Gasteiger partial charge in [-0.2, -0.15) is 0 Å². The maximum absolute atomic E-state index is 2.50. The van der Waals surface area contributed by atoms with Gasteiger partial charge in [0.25, 0.3) is 0 Å². The van der Waals surface area contributed by atoms with Gasteiger partial charge in [0.15, 0.2) is -0.441 Å². The van der Waals surface area contributed by atoms with Crippen LogP contribution in [0.2, 0.25) is 0 Å². The second kappa shape index (κ2) is 5.44. The topological polar surface area (TPSA) is 6.48 Å². The fraction of sp³-hybridized carbons (Fsp3) is 1.00. The zero-order chi connectivity index (χ0) is 10.1. The molecule has 2 nitrogen and oxygen atoms in total. The van der Waals surface area contributed by atoms with Crippen molar-refractivity contribution in [3.05, 3.63) is 0 Å². The average molecular weight is 520 g/mol.